The van der Waals surface area contributed by atoms with Crippen LogP contribution in [0.25, 0.3) is 22.6 Å². The number of carbonyl (C=O) groups excluding carboxylic acids is 1. The van der Waals surface area contributed by atoms with Crippen LogP contribution in [-0.4, -0.2) is 27.6 Å². The standard InChI is InChI=1S/C21H20N4O3S/c1-12-19-13(11-15(16-6-4-10-27-16)24-21(19)28-25-12)20(26)22-9-8-18-23-14-5-2-3-7-17(14)29-18/h4,6,10-11H,2-3,5,7-9H2,1H3,(H,22,26). The number of amides is 1. The number of hydrogen-bond acceptors (Lipinski definition) is 7. The molecule has 148 valence electrons. The number of aryl methyl sites for hydroxylation is 3. The number of thiazole rings is 1. The molecule has 1 aliphatic rings. The maximum Gasteiger partial charge on any atom is 0.259 e. The molecule has 8 heteroatoms. The van der Waals surface area contributed by atoms with Gasteiger partial charge >= 0.3 is 0 Å². The quantitative estimate of drug-likeness (QED) is 0.534. The maximum absolute atomic E-state index is 13.0. The number of rotatable bonds is 5. The van der Waals surface area contributed by atoms with Crippen molar-refractivity contribution < 1.29 is 13.7 Å². The van der Waals surface area contributed by atoms with Gasteiger partial charge in [0.2, 0.25) is 0 Å². The predicted molar refractivity (Wildman–Crippen MR) is 109 cm³/mol. The highest BCUT2D eigenvalue weighted by molar-refractivity contribution is 7.11. The minimum atomic E-state index is -0.183. The van der Waals surface area contributed by atoms with Crippen molar-refractivity contribution in [2.75, 3.05) is 6.54 Å². The van der Waals surface area contributed by atoms with E-state index in [1.165, 1.54) is 23.4 Å². The molecule has 5 rings (SSSR count). The van der Waals surface area contributed by atoms with Crippen LogP contribution in [0.15, 0.2) is 33.4 Å². The fraction of sp³-hybridized carbons (Fsp3) is 0.333. The van der Waals surface area contributed by atoms with E-state index in [0.29, 0.717) is 40.4 Å². The summed E-state index contributed by atoms with van der Waals surface area (Å²) in [6.07, 6.45) is 6.98. The molecule has 1 amide bonds. The SMILES string of the molecule is Cc1noc2nc(-c3ccco3)cc(C(=O)NCCc3nc4c(s3)CCCC4)c12. The van der Waals surface area contributed by atoms with E-state index in [2.05, 4.69) is 15.5 Å². The van der Waals surface area contributed by atoms with Crippen LogP contribution in [0.1, 0.15) is 44.5 Å². The zero-order valence-electron chi connectivity index (χ0n) is 16.0. The Bertz CT molecular complexity index is 1150. The van der Waals surface area contributed by atoms with Gasteiger partial charge in [-0.3, -0.25) is 4.79 Å². The molecule has 0 unspecified atom stereocenters. The molecule has 4 aromatic rings. The van der Waals surface area contributed by atoms with Crippen LogP contribution in [0.4, 0.5) is 0 Å². The average Bonchev–Trinajstić information content (AvgIpc) is 3.47. The summed E-state index contributed by atoms with van der Waals surface area (Å²) < 4.78 is 10.7. The van der Waals surface area contributed by atoms with Crippen molar-refractivity contribution in [3.63, 3.8) is 0 Å². The number of aromatic nitrogens is 3. The Morgan fingerprint density at radius 2 is 2.17 bits per heavy atom. The first kappa shape index (κ1) is 18.1. The molecule has 0 aromatic carbocycles. The van der Waals surface area contributed by atoms with Gasteiger partial charge in [-0.25, -0.2) is 9.97 Å². The molecule has 0 saturated carbocycles. The fourth-order valence-electron chi connectivity index (χ4n) is 3.71. The number of hydrogen-bond donors (Lipinski definition) is 1. The minimum Gasteiger partial charge on any atom is -0.463 e. The van der Waals surface area contributed by atoms with Crippen LogP contribution in [0.3, 0.4) is 0 Å². The molecule has 1 N–H and O–H groups in total. The molecule has 0 saturated heterocycles. The van der Waals surface area contributed by atoms with E-state index < -0.39 is 0 Å². The lowest BCUT2D eigenvalue weighted by Gasteiger charge is -2.07. The average molecular weight is 408 g/mol. The van der Waals surface area contributed by atoms with Gasteiger partial charge in [0.1, 0.15) is 5.69 Å². The molecule has 0 atom stereocenters. The minimum absolute atomic E-state index is 0.183. The zero-order valence-corrected chi connectivity index (χ0v) is 16.8. The summed E-state index contributed by atoms with van der Waals surface area (Å²) in [7, 11) is 0. The highest BCUT2D eigenvalue weighted by atomic mass is 32.1. The van der Waals surface area contributed by atoms with E-state index in [1.807, 2.05) is 0 Å². The number of nitrogens with one attached hydrogen (secondary N) is 1. The molecule has 4 heterocycles. The third-order valence-electron chi connectivity index (χ3n) is 5.15. The lowest BCUT2D eigenvalue weighted by Crippen LogP contribution is -2.26. The van der Waals surface area contributed by atoms with Gasteiger partial charge < -0.3 is 14.3 Å². The van der Waals surface area contributed by atoms with E-state index in [9.17, 15) is 4.79 Å². The van der Waals surface area contributed by atoms with E-state index in [0.717, 1.165) is 24.3 Å². The number of carbonyl (C=O) groups is 1. The largest absolute Gasteiger partial charge is 0.463 e. The number of pyridine rings is 1. The second-order valence-electron chi connectivity index (χ2n) is 7.17. The topological polar surface area (TPSA) is 94.0 Å². The molecule has 7 nitrogen and oxygen atoms in total. The second kappa shape index (κ2) is 7.44. The van der Waals surface area contributed by atoms with Crippen molar-refractivity contribution in [2.45, 2.75) is 39.0 Å². The summed E-state index contributed by atoms with van der Waals surface area (Å²) >= 11 is 1.78. The number of fused-ring (bicyclic) bond motifs is 2. The molecule has 29 heavy (non-hydrogen) atoms. The molecule has 0 bridgehead atoms. The Labute approximate surface area is 171 Å². The molecular weight excluding hydrogens is 388 g/mol. The molecule has 0 aliphatic heterocycles. The summed E-state index contributed by atoms with van der Waals surface area (Å²) in [6.45, 7) is 2.33. The van der Waals surface area contributed by atoms with E-state index in [-0.39, 0.29) is 5.91 Å². The Morgan fingerprint density at radius 3 is 3.00 bits per heavy atom. The molecule has 4 aromatic heterocycles. The van der Waals surface area contributed by atoms with Crippen molar-refractivity contribution in [2.24, 2.45) is 0 Å². The second-order valence-corrected chi connectivity index (χ2v) is 8.34. The highest BCUT2D eigenvalue weighted by Crippen LogP contribution is 2.28. The summed E-state index contributed by atoms with van der Waals surface area (Å²) in [4.78, 5) is 23.6. The van der Waals surface area contributed by atoms with E-state index in [4.69, 9.17) is 13.9 Å². The third-order valence-corrected chi connectivity index (χ3v) is 6.37. The molecule has 0 spiro atoms. The summed E-state index contributed by atoms with van der Waals surface area (Å²) in [5.74, 6) is 0.390. The Morgan fingerprint density at radius 1 is 1.28 bits per heavy atom. The van der Waals surface area contributed by atoms with Crippen molar-refractivity contribution in [3.05, 3.63) is 51.3 Å². The highest BCUT2D eigenvalue weighted by Gasteiger charge is 2.20. The first-order valence-corrected chi connectivity index (χ1v) is 10.6. The van der Waals surface area contributed by atoms with Gasteiger partial charge in [-0.2, -0.15) is 0 Å². The molecular formula is C21H20N4O3S. The zero-order chi connectivity index (χ0) is 19.8. The van der Waals surface area contributed by atoms with E-state index in [1.54, 1.807) is 42.7 Å². The number of nitrogens with zero attached hydrogens (tertiary/aromatic N) is 3. The summed E-state index contributed by atoms with van der Waals surface area (Å²) in [5.41, 5.74) is 3.24. The van der Waals surface area contributed by atoms with Crippen LogP contribution in [0.5, 0.6) is 0 Å². The molecule has 0 fully saturated rings. The first-order valence-electron chi connectivity index (χ1n) is 9.75. The Balaban J connectivity index is 1.36. The van der Waals surface area contributed by atoms with Crippen molar-refractivity contribution in [3.8, 4) is 11.5 Å². The van der Waals surface area contributed by atoms with Crippen LogP contribution in [0.2, 0.25) is 0 Å². The van der Waals surface area contributed by atoms with Gasteiger partial charge in [-0.1, -0.05) is 5.16 Å². The maximum atomic E-state index is 13.0. The van der Waals surface area contributed by atoms with Crippen LogP contribution >= 0.6 is 11.3 Å². The van der Waals surface area contributed by atoms with Crippen molar-refractivity contribution in [1.29, 1.82) is 0 Å². The fourth-order valence-corrected chi connectivity index (χ4v) is 4.87. The smallest absolute Gasteiger partial charge is 0.259 e. The summed E-state index contributed by atoms with van der Waals surface area (Å²) in [6, 6.07) is 5.30. The van der Waals surface area contributed by atoms with Crippen LogP contribution in [-0.2, 0) is 19.3 Å². The lowest BCUT2D eigenvalue weighted by atomic mass is 10.0. The lowest BCUT2D eigenvalue weighted by molar-refractivity contribution is 0.0955. The summed E-state index contributed by atoms with van der Waals surface area (Å²) in [5, 5.41) is 8.70. The molecule has 1 aliphatic carbocycles. The van der Waals surface area contributed by atoms with Gasteiger partial charge in [0.05, 0.1) is 33.6 Å². The van der Waals surface area contributed by atoms with Crippen molar-refractivity contribution >= 4 is 28.3 Å². The Hall–Kier alpha value is -3.00. The van der Waals surface area contributed by atoms with Crippen molar-refractivity contribution in [1.82, 2.24) is 20.4 Å². The van der Waals surface area contributed by atoms with Gasteiger partial charge in [0.25, 0.3) is 11.6 Å². The molecule has 0 radical (unpaired) electrons. The monoisotopic (exact) mass is 408 g/mol. The van der Waals surface area contributed by atoms with E-state index >= 15 is 0 Å². The third kappa shape index (κ3) is 3.44. The Kier molecular flexibility index (Phi) is 4.63. The van der Waals surface area contributed by atoms with Crippen LogP contribution < -0.4 is 5.32 Å². The number of furan rings is 1. The predicted octanol–water partition coefficient (Wildman–Crippen LogP) is 4.10. The van der Waals surface area contributed by atoms with Gasteiger partial charge in [0, 0.05) is 17.8 Å². The van der Waals surface area contributed by atoms with Gasteiger partial charge in [0.15, 0.2) is 5.76 Å². The van der Waals surface area contributed by atoms with Gasteiger partial charge in [-0.05, 0) is 50.8 Å². The normalized spacial score (nSPS) is 13.6. The van der Waals surface area contributed by atoms with Gasteiger partial charge in [-0.15, -0.1) is 11.3 Å². The van der Waals surface area contributed by atoms with Crippen LogP contribution in [0, 0.1) is 6.92 Å². The first-order chi connectivity index (χ1) is 14.2.